The molecule has 7 heteroatoms. The number of rotatable bonds is 7. The zero-order chi connectivity index (χ0) is 18.9. The Morgan fingerprint density at radius 1 is 0.962 bits per heavy atom. The number of hydrogen-bond donors (Lipinski definition) is 4. The van der Waals surface area contributed by atoms with Gasteiger partial charge in [0, 0.05) is 29.5 Å². The van der Waals surface area contributed by atoms with E-state index in [0.717, 1.165) is 0 Å². The molecule has 0 aliphatic carbocycles. The first-order valence-electron chi connectivity index (χ1n) is 8.40. The Labute approximate surface area is 152 Å². The Kier molecular flexibility index (Phi) is 6.99. The molecule has 7 nitrogen and oxygen atoms in total. The van der Waals surface area contributed by atoms with E-state index in [9.17, 15) is 9.59 Å². The number of nitrogens with one attached hydrogen (secondary N) is 3. The third-order valence-corrected chi connectivity index (χ3v) is 3.32. The normalized spacial score (nSPS) is 10.3. The first-order chi connectivity index (χ1) is 12.5. The van der Waals surface area contributed by atoms with E-state index in [1.807, 2.05) is 13.8 Å². The van der Waals surface area contributed by atoms with Crippen LogP contribution in [0.1, 0.15) is 24.2 Å². The molecule has 138 valence electrons. The van der Waals surface area contributed by atoms with Crippen molar-refractivity contribution in [3.8, 4) is 5.75 Å². The number of nitrogens with two attached hydrogens (primary N) is 1. The third-order valence-electron chi connectivity index (χ3n) is 3.32. The highest BCUT2D eigenvalue weighted by Gasteiger charge is 2.08. The molecule has 26 heavy (non-hydrogen) atoms. The first-order valence-corrected chi connectivity index (χ1v) is 8.40. The number of ether oxygens (including phenoxy) is 1. The number of hydrogen-bond acceptors (Lipinski definition) is 4. The molecule has 0 atom stereocenters. The second kappa shape index (κ2) is 9.43. The standard InChI is InChI=1S/C19H24N4O3/c1-13(2)21-19(25)23-16-5-3-14(4-6-16)18(24)22-15-7-9-17(10-8-15)26-12-11-20/h3-10,13H,11-12,20H2,1-2H3,(H,22,24)(H2,21,23,25). The third kappa shape index (κ3) is 6.10. The largest absolute Gasteiger partial charge is 0.492 e. The summed E-state index contributed by atoms with van der Waals surface area (Å²) in [5.41, 5.74) is 7.15. The van der Waals surface area contributed by atoms with E-state index in [-0.39, 0.29) is 18.0 Å². The van der Waals surface area contributed by atoms with Gasteiger partial charge in [-0.05, 0) is 62.4 Å². The lowest BCUT2D eigenvalue weighted by molar-refractivity contribution is 0.102. The summed E-state index contributed by atoms with van der Waals surface area (Å²) < 4.78 is 5.39. The molecule has 0 aliphatic rings. The molecule has 0 aliphatic heterocycles. The van der Waals surface area contributed by atoms with Crippen LogP contribution in [0.15, 0.2) is 48.5 Å². The van der Waals surface area contributed by atoms with Crippen molar-refractivity contribution in [2.45, 2.75) is 19.9 Å². The maximum absolute atomic E-state index is 12.3. The minimum Gasteiger partial charge on any atom is -0.492 e. The summed E-state index contributed by atoms with van der Waals surface area (Å²) in [6.45, 7) is 4.65. The van der Waals surface area contributed by atoms with Crippen LogP contribution in [0.25, 0.3) is 0 Å². The molecule has 0 saturated carbocycles. The van der Waals surface area contributed by atoms with Crippen LogP contribution in [0.3, 0.4) is 0 Å². The molecule has 2 aromatic carbocycles. The SMILES string of the molecule is CC(C)NC(=O)Nc1ccc(C(=O)Nc2ccc(OCCN)cc2)cc1. The highest BCUT2D eigenvalue weighted by molar-refractivity contribution is 6.04. The van der Waals surface area contributed by atoms with Crippen LogP contribution < -0.4 is 26.4 Å². The molecule has 0 fully saturated rings. The fraction of sp³-hybridized carbons (Fsp3) is 0.263. The Bertz CT molecular complexity index is 727. The van der Waals surface area contributed by atoms with Crippen LogP contribution >= 0.6 is 0 Å². The molecule has 2 aromatic rings. The van der Waals surface area contributed by atoms with Crippen molar-refractivity contribution >= 4 is 23.3 Å². The van der Waals surface area contributed by atoms with Gasteiger partial charge in [-0.2, -0.15) is 0 Å². The maximum Gasteiger partial charge on any atom is 0.319 e. The smallest absolute Gasteiger partial charge is 0.319 e. The lowest BCUT2D eigenvalue weighted by Gasteiger charge is -2.11. The number of benzene rings is 2. The Morgan fingerprint density at radius 3 is 2.12 bits per heavy atom. The van der Waals surface area contributed by atoms with Gasteiger partial charge in [0.15, 0.2) is 0 Å². The van der Waals surface area contributed by atoms with E-state index in [0.29, 0.717) is 35.8 Å². The molecule has 0 heterocycles. The summed E-state index contributed by atoms with van der Waals surface area (Å²) in [6, 6.07) is 13.5. The van der Waals surface area contributed by atoms with Gasteiger partial charge in [-0.1, -0.05) is 0 Å². The molecule has 2 rings (SSSR count). The average Bonchev–Trinajstić information content (AvgIpc) is 2.61. The lowest BCUT2D eigenvalue weighted by atomic mass is 10.2. The second-order valence-electron chi connectivity index (χ2n) is 5.95. The minimum absolute atomic E-state index is 0.0483. The van der Waals surface area contributed by atoms with Gasteiger partial charge in [-0.3, -0.25) is 4.79 Å². The molecular weight excluding hydrogens is 332 g/mol. The predicted octanol–water partition coefficient (Wildman–Crippen LogP) is 2.81. The van der Waals surface area contributed by atoms with Crippen molar-refractivity contribution in [2.24, 2.45) is 5.73 Å². The van der Waals surface area contributed by atoms with Gasteiger partial charge >= 0.3 is 6.03 Å². The summed E-state index contributed by atoms with van der Waals surface area (Å²) in [7, 11) is 0. The highest BCUT2D eigenvalue weighted by Crippen LogP contribution is 2.17. The van der Waals surface area contributed by atoms with Crippen molar-refractivity contribution in [1.82, 2.24) is 5.32 Å². The molecule has 3 amide bonds. The molecule has 0 saturated heterocycles. The number of anilines is 2. The number of amides is 3. The van der Waals surface area contributed by atoms with E-state index < -0.39 is 0 Å². The molecule has 0 spiro atoms. The molecular formula is C19H24N4O3. The summed E-state index contributed by atoms with van der Waals surface area (Å²) in [5.74, 6) is 0.461. The topological polar surface area (TPSA) is 105 Å². The van der Waals surface area contributed by atoms with Crippen molar-refractivity contribution in [3.63, 3.8) is 0 Å². The lowest BCUT2D eigenvalue weighted by Crippen LogP contribution is -2.34. The fourth-order valence-corrected chi connectivity index (χ4v) is 2.15. The maximum atomic E-state index is 12.3. The van der Waals surface area contributed by atoms with Gasteiger partial charge in [0.25, 0.3) is 5.91 Å². The van der Waals surface area contributed by atoms with E-state index in [1.54, 1.807) is 48.5 Å². The Hall–Kier alpha value is -3.06. The van der Waals surface area contributed by atoms with E-state index in [4.69, 9.17) is 10.5 Å². The van der Waals surface area contributed by atoms with Gasteiger partial charge in [-0.15, -0.1) is 0 Å². The predicted molar refractivity (Wildman–Crippen MR) is 103 cm³/mol. The highest BCUT2D eigenvalue weighted by atomic mass is 16.5. The molecule has 0 bridgehead atoms. The Morgan fingerprint density at radius 2 is 1.54 bits per heavy atom. The van der Waals surface area contributed by atoms with E-state index >= 15 is 0 Å². The fourth-order valence-electron chi connectivity index (χ4n) is 2.15. The molecule has 0 unspecified atom stereocenters. The van der Waals surface area contributed by atoms with Crippen molar-refractivity contribution in [3.05, 3.63) is 54.1 Å². The van der Waals surface area contributed by atoms with Crippen LogP contribution in [0.5, 0.6) is 5.75 Å². The summed E-state index contributed by atoms with van der Waals surface area (Å²) in [5, 5.41) is 8.25. The Balaban J connectivity index is 1.92. The summed E-state index contributed by atoms with van der Waals surface area (Å²) >= 11 is 0. The van der Waals surface area contributed by atoms with Gasteiger partial charge in [-0.25, -0.2) is 4.79 Å². The summed E-state index contributed by atoms with van der Waals surface area (Å²) in [4.78, 5) is 23.9. The second-order valence-corrected chi connectivity index (χ2v) is 5.95. The zero-order valence-electron chi connectivity index (χ0n) is 14.9. The average molecular weight is 356 g/mol. The van der Waals surface area contributed by atoms with Gasteiger partial charge < -0.3 is 26.4 Å². The quantitative estimate of drug-likeness (QED) is 0.612. The summed E-state index contributed by atoms with van der Waals surface area (Å²) in [6.07, 6.45) is 0. The van der Waals surface area contributed by atoms with Crippen molar-refractivity contribution < 1.29 is 14.3 Å². The molecule has 0 radical (unpaired) electrons. The number of urea groups is 1. The van der Waals surface area contributed by atoms with Crippen molar-refractivity contribution in [2.75, 3.05) is 23.8 Å². The van der Waals surface area contributed by atoms with Crippen LogP contribution in [0, 0.1) is 0 Å². The van der Waals surface area contributed by atoms with Gasteiger partial charge in [0.1, 0.15) is 12.4 Å². The first kappa shape index (κ1) is 19.3. The molecule has 5 N–H and O–H groups in total. The van der Waals surface area contributed by atoms with Gasteiger partial charge in [0.05, 0.1) is 0 Å². The van der Waals surface area contributed by atoms with Crippen LogP contribution in [-0.2, 0) is 0 Å². The zero-order valence-corrected chi connectivity index (χ0v) is 14.9. The monoisotopic (exact) mass is 356 g/mol. The van der Waals surface area contributed by atoms with Crippen LogP contribution in [0.4, 0.5) is 16.2 Å². The van der Waals surface area contributed by atoms with E-state index in [1.165, 1.54) is 0 Å². The molecule has 0 aromatic heterocycles. The van der Waals surface area contributed by atoms with Crippen LogP contribution in [-0.4, -0.2) is 31.1 Å². The minimum atomic E-state index is -0.283. The van der Waals surface area contributed by atoms with E-state index in [2.05, 4.69) is 16.0 Å². The van der Waals surface area contributed by atoms with Crippen LogP contribution in [0.2, 0.25) is 0 Å². The number of carbonyl (C=O) groups excluding carboxylic acids is 2. The van der Waals surface area contributed by atoms with Crippen molar-refractivity contribution in [1.29, 1.82) is 0 Å². The van der Waals surface area contributed by atoms with Gasteiger partial charge in [0.2, 0.25) is 0 Å². The number of carbonyl (C=O) groups is 2.